The SMILES string of the molecule is CC(Cl)c1nc2ccc(C#N)cc2n1CC1CCCC1. The molecule has 1 aromatic heterocycles. The summed E-state index contributed by atoms with van der Waals surface area (Å²) in [5.74, 6) is 1.64. The fourth-order valence-corrected chi connectivity index (χ4v) is 3.32. The number of imidazole rings is 1. The van der Waals surface area contributed by atoms with Crippen LogP contribution in [0.2, 0.25) is 0 Å². The monoisotopic (exact) mass is 287 g/mol. The van der Waals surface area contributed by atoms with E-state index in [4.69, 9.17) is 16.9 Å². The molecule has 2 aromatic rings. The molecule has 0 aliphatic heterocycles. The molecule has 1 fully saturated rings. The van der Waals surface area contributed by atoms with Crippen molar-refractivity contribution in [1.29, 1.82) is 5.26 Å². The second-order valence-corrected chi connectivity index (χ2v) is 6.32. The van der Waals surface area contributed by atoms with Crippen molar-refractivity contribution >= 4 is 22.6 Å². The quantitative estimate of drug-likeness (QED) is 0.785. The third kappa shape index (κ3) is 2.41. The molecule has 1 aliphatic carbocycles. The standard InChI is InChI=1S/C16H18ClN3/c1-11(17)16-19-14-7-6-13(9-18)8-15(14)20(16)10-12-4-2-3-5-12/h6-8,11-12H,2-5,10H2,1H3. The van der Waals surface area contributed by atoms with Gasteiger partial charge in [0.25, 0.3) is 0 Å². The van der Waals surface area contributed by atoms with E-state index in [1.165, 1.54) is 25.7 Å². The van der Waals surface area contributed by atoms with Crippen LogP contribution >= 0.6 is 11.6 Å². The molecular formula is C16H18ClN3. The van der Waals surface area contributed by atoms with Gasteiger partial charge in [-0.05, 0) is 43.9 Å². The maximum Gasteiger partial charge on any atom is 0.127 e. The zero-order valence-electron chi connectivity index (χ0n) is 11.6. The van der Waals surface area contributed by atoms with Crippen LogP contribution in [-0.2, 0) is 6.54 Å². The maximum atomic E-state index is 9.08. The Kier molecular flexibility index (Phi) is 3.67. The summed E-state index contributed by atoms with van der Waals surface area (Å²) in [6.07, 6.45) is 5.22. The number of alkyl halides is 1. The minimum atomic E-state index is -0.116. The second kappa shape index (κ2) is 5.46. The molecule has 0 spiro atoms. The average molecular weight is 288 g/mol. The van der Waals surface area contributed by atoms with Gasteiger partial charge in [0.1, 0.15) is 5.82 Å². The van der Waals surface area contributed by atoms with Gasteiger partial charge in [-0.2, -0.15) is 5.26 Å². The number of benzene rings is 1. The van der Waals surface area contributed by atoms with E-state index in [0.29, 0.717) is 11.5 Å². The smallest absolute Gasteiger partial charge is 0.127 e. The molecule has 20 heavy (non-hydrogen) atoms. The van der Waals surface area contributed by atoms with Crippen LogP contribution in [-0.4, -0.2) is 9.55 Å². The van der Waals surface area contributed by atoms with Crippen molar-refractivity contribution in [2.45, 2.75) is 44.5 Å². The highest BCUT2D eigenvalue weighted by Crippen LogP contribution is 2.31. The number of halogens is 1. The average Bonchev–Trinajstić information content (AvgIpc) is 3.07. The van der Waals surface area contributed by atoms with Crippen molar-refractivity contribution in [3.63, 3.8) is 0 Å². The minimum absolute atomic E-state index is 0.116. The zero-order chi connectivity index (χ0) is 14.1. The van der Waals surface area contributed by atoms with E-state index in [-0.39, 0.29) is 5.38 Å². The number of fused-ring (bicyclic) bond motifs is 1. The number of aromatic nitrogens is 2. The highest BCUT2D eigenvalue weighted by atomic mass is 35.5. The maximum absolute atomic E-state index is 9.08. The van der Waals surface area contributed by atoms with E-state index in [9.17, 15) is 0 Å². The third-order valence-electron chi connectivity index (χ3n) is 4.18. The largest absolute Gasteiger partial charge is 0.326 e. The Morgan fingerprint density at radius 1 is 1.45 bits per heavy atom. The fraction of sp³-hybridized carbons (Fsp3) is 0.500. The summed E-state index contributed by atoms with van der Waals surface area (Å²) in [6, 6.07) is 7.87. The summed E-state index contributed by atoms with van der Waals surface area (Å²) in [4.78, 5) is 4.65. The molecule has 1 unspecified atom stereocenters. The van der Waals surface area contributed by atoms with Crippen LogP contribution < -0.4 is 0 Å². The van der Waals surface area contributed by atoms with E-state index < -0.39 is 0 Å². The van der Waals surface area contributed by atoms with Gasteiger partial charge >= 0.3 is 0 Å². The number of nitrogens with zero attached hydrogens (tertiary/aromatic N) is 3. The fourth-order valence-electron chi connectivity index (χ4n) is 3.16. The van der Waals surface area contributed by atoms with Crippen molar-refractivity contribution in [2.75, 3.05) is 0 Å². The van der Waals surface area contributed by atoms with E-state index >= 15 is 0 Å². The Bertz CT molecular complexity index is 660. The first-order valence-corrected chi connectivity index (χ1v) is 7.67. The van der Waals surface area contributed by atoms with Crippen LogP contribution in [0.4, 0.5) is 0 Å². The molecule has 4 heteroatoms. The van der Waals surface area contributed by atoms with Crippen molar-refractivity contribution in [1.82, 2.24) is 9.55 Å². The van der Waals surface area contributed by atoms with Crippen molar-refractivity contribution in [2.24, 2.45) is 5.92 Å². The van der Waals surface area contributed by atoms with Gasteiger partial charge in [0.15, 0.2) is 0 Å². The minimum Gasteiger partial charge on any atom is -0.326 e. The Labute approximate surface area is 124 Å². The van der Waals surface area contributed by atoms with Gasteiger partial charge < -0.3 is 4.57 Å². The molecule has 1 atom stereocenters. The molecule has 0 N–H and O–H groups in total. The van der Waals surface area contributed by atoms with Gasteiger partial charge in [0, 0.05) is 6.54 Å². The number of nitriles is 1. The molecule has 1 saturated carbocycles. The highest BCUT2D eigenvalue weighted by molar-refractivity contribution is 6.20. The van der Waals surface area contributed by atoms with Gasteiger partial charge in [-0.3, -0.25) is 0 Å². The Hall–Kier alpha value is -1.53. The molecule has 1 heterocycles. The van der Waals surface area contributed by atoms with Crippen molar-refractivity contribution < 1.29 is 0 Å². The van der Waals surface area contributed by atoms with Crippen molar-refractivity contribution in [3.05, 3.63) is 29.6 Å². The van der Waals surface area contributed by atoms with Gasteiger partial charge in [-0.25, -0.2) is 4.98 Å². The summed E-state index contributed by atoms with van der Waals surface area (Å²) in [6.45, 7) is 2.93. The lowest BCUT2D eigenvalue weighted by molar-refractivity contribution is 0.454. The Morgan fingerprint density at radius 2 is 2.20 bits per heavy atom. The summed E-state index contributed by atoms with van der Waals surface area (Å²) < 4.78 is 2.23. The summed E-state index contributed by atoms with van der Waals surface area (Å²) in [5, 5.41) is 8.97. The Morgan fingerprint density at radius 3 is 2.85 bits per heavy atom. The third-order valence-corrected chi connectivity index (χ3v) is 4.37. The summed E-state index contributed by atoms with van der Waals surface area (Å²) >= 11 is 6.29. The molecule has 0 radical (unpaired) electrons. The molecule has 1 aromatic carbocycles. The molecule has 0 saturated heterocycles. The van der Waals surface area contributed by atoms with Crippen LogP contribution in [0.25, 0.3) is 11.0 Å². The van der Waals surface area contributed by atoms with Crippen molar-refractivity contribution in [3.8, 4) is 6.07 Å². The van der Waals surface area contributed by atoms with Crippen LogP contribution in [0.3, 0.4) is 0 Å². The predicted molar refractivity (Wildman–Crippen MR) is 80.7 cm³/mol. The summed E-state index contributed by atoms with van der Waals surface area (Å²) in [7, 11) is 0. The van der Waals surface area contributed by atoms with E-state index in [2.05, 4.69) is 15.6 Å². The van der Waals surface area contributed by atoms with E-state index in [1.54, 1.807) is 0 Å². The number of hydrogen-bond donors (Lipinski definition) is 0. The van der Waals surface area contributed by atoms with Crippen LogP contribution in [0, 0.1) is 17.2 Å². The summed E-state index contributed by atoms with van der Waals surface area (Å²) in [5.41, 5.74) is 2.65. The number of rotatable bonds is 3. The van der Waals surface area contributed by atoms with Crippen LogP contribution in [0.1, 0.15) is 49.4 Å². The lowest BCUT2D eigenvalue weighted by atomic mass is 10.1. The van der Waals surface area contributed by atoms with Crippen LogP contribution in [0.5, 0.6) is 0 Å². The predicted octanol–water partition coefficient (Wildman–Crippen LogP) is 4.40. The second-order valence-electron chi connectivity index (χ2n) is 5.66. The molecule has 0 bridgehead atoms. The van der Waals surface area contributed by atoms with Gasteiger partial charge in [0.2, 0.25) is 0 Å². The topological polar surface area (TPSA) is 41.6 Å². The zero-order valence-corrected chi connectivity index (χ0v) is 12.4. The highest BCUT2D eigenvalue weighted by Gasteiger charge is 2.21. The van der Waals surface area contributed by atoms with E-state index in [1.807, 2.05) is 25.1 Å². The van der Waals surface area contributed by atoms with Gasteiger partial charge in [-0.15, -0.1) is 11.6 Å². The molecule has 1 aliphatic rings. The normalized spacial score (nSPS) is 17.4. The molecule has 104 valence electrons. The van der Waals surface area contributed by atoms with Crippen LogP contribution in [0.15, 0.2) is 18.2 Å². The molecule has 0 amide bonds. The molecule has 3 nitrogen and oxygen atoms in total. The lowest BCUT2D eigenvalue weighted by Gasteiger charge is -2.15. The number of hydrogen-bond acceptors (Lipinski definition) is 2. The van der Waals surface area contributed by atoms with Gasteiger partial charge in [-0.1, -0.05) is 12.8 Å². The van der Waals surface area contributed by atoms with Gasteiger partial charge in [0.05, 0.1) is 28.0 Å². The first-order valence-electron chi connectivity index (χ1n) is 7.23. The van der Waals surface area contributed by atoms with E-state index in [0.717, 1.165) is 23.4 Å². The Balaban J connectivity index is 2.09. The lowest BCUT2D eigenvalue weighted by Crippen LogP contribution is -2.11. The molecule has 3 rings (SSSR count). The molecular weight excluding hydrogens is 270 g/mol. The first kappa shape index (κ1) is 13.5. The first-order chi connectivity index (χ1) is 9.69.